The second kappa shape index (κ2) is 24.1. The monoisotopic (exact) mass is 823 g/mol. The molecule has 2 fully saturated rings. The number of rotatable bonds is 19. The van der Waals surface area contributed by atoms with Gasteiger partial charge in [-0.15, -0.1) is 0 Å². The molecular weight excluding hydrogens is 763 g/mol. The van der Waals surface area contributed by atoms with Crippen LogP contribution in [0.1, 0.15) is 127 Å². The van der Waals surface area contributed by atoms with Gasteiger partial charge in [-0.05, 0) is 143 Å². The molecule has 3 N–H and O–H groups in total. The number of carbonyl (C=O) groups is 3. The topological polar surface area (TPSA) is 151 Å². The number of esters is 3. The van der Waals surface area contributed by atoms with Crippen LogP contribution in [0.4, 0.5) is 5.13 Å². The van der Waals surface area contributed by atoms with Gasteiger partial charge in [0.1, 0.15) is 17.2 Å². The van der Waals surface area contributed by atoms with E-state index in [4.69, 9.17) is 30.1 Å². The molecule has 3 aromatic carbocycles. The number of carbonyl (C=O) groups excluding carboxylic acids is 3. The van der Waals surface area contributed by atoms with Gasteiger partial charge in [-0.3, -0.25) is 9.59 Å². The lowest BCUT2D eigenvalue weighted by atomic mass is 9.77. The van der Waals surface area contributed by atoms with Crippen LogP contribution in [0.15, 0.2) is 79.4 Å². The minimum absolute atomic E-state index is 0.265. The fourth-order valence-corrected chi connectivity index (χ4v) is 8.66. The van der Waals surface area contributed by atoms with Crippen molar-refractivity contribution in [3.63, 3.8) is 0 Å². The number of nitrogens with two attached hydrogens (primary N) is 1. The van der Waals surface area contributed by atoms with Gasteiger partial charge < -0.3 is 30.1 Å². The Labute approximate surface area is 353 Å². The van der Waals surface area contributed by atoms with Gasteiger partial charge in [0, 0.05) is 17.9 Å². The number of para-hydroxylation sites is 1. The highest BCUT2D eigenvalue weighted by atomic mass is 32.1. The van der Waals surface area contributed by atoms with Gasteiger partial charge in [-0.1, -0.05) is 68.7 Å². The average molecular weight is 824 g/mol. The second-order valence-electron chi connectivity index (χ2n) is 15.7. The van der Waals surface area contributed by atoms with Crippen LogP contribution >= 0.6 is 11.3 Å². The summed E-state index contributed by atoms with van der Waals surface area (Å²) < 4.78 is 23.4. The van der Waals surface area contributed by atoms with Crippen molar-refractivity contribution in [2.75, 3.05) is 18.9 Å². The second-order valence-corrected chi connectivity index (χ2v) is 16.7. The van der Waals surface area contributed by atoms with Crippen LogP contribution in [-0.4, -0.2) is 42.3 Å². The van der Waals surface area contributed by atoms with Gasteiger partial charge in [-0.25, -0.2) is 9.78 Å². The number of nitrogens with zero attached hydrogens (tertiary/aromatic N) is 1. The van der Waals surface area contributed by atoms with Gasteiger partial charge >= 0.3 is 17.9 Å². The summed E-state index contributed by atoms with van der Waals surface area (Å²) in [5.41, 5.74) is 8.37. The molecule has 0 amide bonds. The number of ether oxygens (including phenoxy) is 4. The van der Waals surface area contributed by atoms with Crippen molar-refractivity contribution in [1.29, 1.82) is 5.41 Å². The predicted molar refractivity (Wildman–Crippen MR) is 235 cm³/mol. The largest absolute Gasteiger partial charge is 0.494 e. The number of benzene rings is 3. The maximum Gasteiger partial charge on any atom is 0.330 e. The van der Waals surface area contributed by atoms with E-state index in [9.17, 15) is 14.4 Å². The fraction of sp³-hybridized carbons (Fsp3) is 0.479. The number of hydrogen-bond acceptors (Lipinski definition) is 11. The Hall–Kier alpha value is -5.03. The SMILES string of the molecule is C=CC(=O)OCCCCCCOc1ccc(OC(=O)C2CCC(C(=O)Oc3ccc(C4CCC(CCCCC)CC4)cc3C=N)CC2)cc1.Nc1nc2ccccc2s1. The standard InChI is InChI=1S/C41H55NO7.C7H6N2S/c1-3-5-8-11-30-12-14-31(15-13-30)34-20-25-38(35(28-34)29-42)49-41(45)33-18-16-32(17-19-33)40(44)48-37-23-21-36(22-24-37)46-26-9-6-7-10-27-47-39(43)4-2;8-7-9-5-3-1-2-4-6(5)10-7/h4,20-25,28-33,42H,2-3,5-19,26-27H2,1H3;1-4H,(H2,8,9). The molecule has 0 bridgehead atoms. The van der Waals surface area contributed by atoms with E-state index in [0.29, 0.717) is 72.8 Å². The van der Waals surface area contributed by atoms with Crippen LogP contribution in [0.5, 0.6) is 17.2 Å². The van der Waals surface area contributed by atoms with Crippen LogP contribution in [0.3, 0.4) is 0 Å². The molecule has 59 heavy (non-hydrogen) atoms. The summed E-state index contributed by atoms with van der Waals surface area (Å²) in [4.78, 5) is 41.1. The molecule has 0 saturated heterocycles. The molecule has 1 aromatic heterocycles. The Bertz CT molecular complexity index is 1910. The van der Waals surface area contributed by atoms with Crippen LogP contribution in [0.25, 0.3) is 10.2 Å². The van der Waals surface area contributed by atoms with Crippen molar-refractivity contribution in [1.82, 2.24) is 4.98 Å². The lowest BCUT2D eigenvalue weighted by Crippen LogP contribution is -2.30. The quantitative estimate of drug-likeness (QED) is 0.0309. The van der Waals surface area contributed by atoms with Gasteiger partial charge in [0.05, 0.1) is 35.3 Å². The molecule has 316 valence electrons. The van der Waals surface area contributed by atoms with Crippen LogP contribution in [0.2, 0.25) is 0 Å². The van der Waals surface area contributed by atoms with E-state index in [1.165, 1.54) is 80.6 Å². The summed E-state index contributed by atoms with van der Waals surface area (Å²) in [6, 6.07) is 20.9. The minimum atomic E-state index is -0.391. The number of nitrogen functional groups attached to an aromatic ring is 1. The summed E-state index contributed by atoms with van der Waals surface area (Å²) >= 11 is 1.52. The van der Waals surface area contributed by atoms with E-state index in [1.807, 2.05) is 36.4 Å². The summed E-state index contributed by atoms with van der Waals surface area (Å²) in [7, 11) is 0. The van der Waals surface area contributed by atoms with Gasteiger partial charge in [0.2, 0.25) is 0 Å². The summed E-state index contributed by atoms with van der Waals surface area (Å²) in [5.74, 6) is 1.45. The molecule has 0 aliphatic heterocycles. The lowest BCUT2D eigenvalue weighted by Gasteiger charge is -2.29. The molecule has 2 saturated carbocycles. The highest BCUT2D eigenvalue weighted by molar-refractivity contribution is 7.22. The highest BCUT2D eigenvalue weighted by Crippen LogP contribution is 2.39. The third-order valence-corrected chi connectivity index (χ3v) is 12.3. The molecule has 0 atom stereocenters. The van der Waals surface area contributed by atoms with E-state index in [0.717, 1.165) is 41.8 Å². The third kappa shape index (κ3) is 14.6. The molecule has 10 nitrogen and oxygen atoms in total. The normalized spacial score (nSPS) is 18.8. The smallest absolute Gasteiger partial charge is 0.330 e. The van der Waals surface area contributed by atoms with Gasteiger partial charge in [0.15, 0.2) is 5.13 Å². The third-order valence-electron chi connectivity index (χ3n) is 11.4. The number of nitrogens with one attached hydrogen (secondary N) is 1. The Morgan fingerprint density at radius 1 is 0.797 bits per heavy atom. The number of thiazole rings is 1. The molecule has 4 aromatic rings. The number of hydrogen-bond donors (Lipinski definition) is 2. The maximum atomic E-state index is 13.1. The van der Waals surface area contributed by atoms with Crippen LogP contribution in [-0.2, 0) is 19.1 Å². The van der Waals surface area contributed by atoms with Crippen molar-refractivity contribution in [2.24, 2.45) is 17.8 Å². The summed E-state index contributed by atoms with van der Waals surface area (Å²) in [6.45, 7) is 6.61. The maximum absolute atomic E-state index is 13.1. The molecule has 0 unspecified atom stereocenters. The van der Waals surface area contributed by atoms with E-state index >= 15 is 0 Å². The first kappa shape index (κ1) is 45.1. The van der Waals surface area contributed by atoms with Crippen LogP contribution < -0.4 is 19.9 Å². The molecule has 0 radical (unpaired) electrons. The Kier molecular flexibility index (Phi) is 18.4. The molecule has 1 heterocycles. The zero-order chi connectivity index (χ0) is 41.8. The predicted octanol–water partition coefficient (Wildman–Crippen LogP) is 11.4. The summed E-state index contributed by atoms with van der Waals surface area (Å²) in [5, 5.41) is 8.62. The number of fused-ring (bicyclic) bond motifs is 1. The lowest BCUT2D eigenvalue weighted by molar-refractivity contribution is -0.145. The van der Waals surface area contributed by atoms with E-state index in [1.54, 1.807) is 24.3 Å². The zero-order valence-corrected chi connectivity index (χ0v) is 35.4. The molecule has 2 aliphatic rings. The van der Waals surface area contributed by atoms with Crippen molar-refractivity contribution >= 4 is 50.8 Å². The highest BCUT2D eigenvalue weighted by Gasteiger charge is 2.32. The van der Waals surface area contributed by atoms with Crippen molar-refractivity contribution in [3.05, 3.63) is 90.5 Å². The van der Waals surface area contributed by atoms with Crippen molar-refractivity contribution in [2.45, 2.75) is 116 Å². The minimum Gasteiger partial charge on any atom is -0.494 e. The Morgan fingerprint density at radius 2 is 1.46 bits per heavy atom. The van der Waals surface area contributed by atoms with E-state index in [-0.39, 0.29) is 23.8 Å². The molecule has 6 rings (SSSR count). The number of unbranched alkanes of at least 4 members (excludes halogenated alkanes) is 5. The van der Waals surface area contributed by atoms with Gasteiger partial charge in [-0.2, -0.15) is 0 Å². The Morgan fingerprint density at radius 3 is 2.12 bits per heavy atom. The molecule has 0 spiro atoms. The van der Waals surface area contributed by atoms with Crippen molar-refractivity contribution in [3.8, 4) is 17.2 Å². The first-order chi connectivity index (χ1) is 28.8. The number of anilines is 1. The number of aromatic nitrogens is 1. The molecule has 11 heteroatoms. The Balaban J connectivity index is 0.000000570. The molecule has 2 aliphatic carbocycles. The average Bonchev–Trinajstić information content (AvgIpc) is 3.66. The van der Waals surface area contributed by atoms with E-state index < -0.39 is 5.97 Å². The van der Waals surface area contributed by atoms with E-state index in [2.05, 4.69) is 24.6 Å². The first-order valence-electron chi connectivity index (χ1n) is 21.5. The van der Waals surface area contributed by atoms with Crippen molar-refractivity contribution < 1.29 is 33.3 Å². The van der Waals surface area contributed by atoms with Crippen LogP contribution in [0, 0.1) is 23.2 Å². The fourth-order valence-electron chi connectivity index (χ4n) is 7.92. The zero-order valence-electron chi connectivity index (χ0n) is 34.5. The van der Waals surface area contributed by atoms with Gasteiger partial charge in [0.25, 0.3) is 0 Å². The summed E-state index contributed by atoms with van der Waals surface area (Å²) in [6.07, 6.45) is 18.5. The first-order valence-corrected chi connectivity index (χ1v) is 22.3. The molecular formula is C48H61N3O7S.